The van der Waals surface area contributed by atoms with Gasteiger partial charge in [0.05, 0.1) is 109 Å². The summed E-state index contributed by atoms with van der Waals surface area (Å²) < 4.78 is 26.5. The van der Waals surface area contributed by atoms with Crippen LogP contribution in [0.4, 0.5) is 11.4 Å². The van der Waals surface area contributed by atoms with E-state index < -0.39 is 201 Å². The average Bonchev–Trinajstić information content (AvgIpc) is 1.55. The largest absolute Gasteiger partial charge is 0.481 e. The van der Waals surface area contributed by atoms with Crippen LogP contribution in [0.3, 0.4) is 0 Å². The number of methoxy groups -OCH3 is 2. The summed E-state index contributed by atoms with van der Waals surface area (Å²) in [6.07, 6.45) is -2.61. The van der Waals surface area contributed by atoms with E-state index in [4.69, 9.17) is 23.7 Å². The number of carbonyl (C=O) groups excluding carboxylic acids is 11. The third kappa shape index (κ3) is 17.4. The number of nitrogens with zero attached hydrogens (tertiary/aromatic N) is 1. The molecule has 2 heterocycles. The van der Waals surface area contributed by atoms with Crippen molar-refractivity contribution in [1.29, 1.82) is 0 Å². The number of anilines is 2. The van der Waals surface area contributed by atoms with Gasteiger partial charge in [-0.3, -0.25) is 57.5 Å². The van der Waals surface area contributed by atoms with Gasteiger partial charge in [0, 0.05) is 11.1 Å². The van der Waals surface area contributed by atoms with E-state index in [1.807, 2.05) is 6.92 Å². The molecule has 4 aromatic carbocycles. The van der Waals surface area contributed by atoms with Gasteiger partial charge in [-0.2, -0.15) is 0 Å². The normalized spacial score (nSPS) is 18.5. The molecule has 2 saturated heterocycles. The number of imide groups is 1. The molecule has 0 aliphatic carbocycles. The Balaban J connectivity index is 1.49. The summed E-state index contributed by atoms with van der Waals surface area (Å²) >= 11 is 0. The van der Waals surface area contributed by atoms with Crippen molar-refractivity contribution in [2.45, 2.75) is 135 Å². The maximum atomic E-state index is 15.9. The number of aliphatic carboxylic acids is 3. The number of carboxylic acid groups (broad SMARTS) is 3. The lowest BCUT2D eigenvalue weighted by atomic mass is 9.57. The standard InChI is InChI=1S/C76H92N2O22/c1-17-72(5,6)59(71(95)99-44-33-31-43(32-34-44)54(80)35-53(79)42-29-27-40(3)28-30-42)50(65(88)89)39-74(9,10)56(60(81)77-51-25-21-19-23-45(51)67(91)96-15)48(63(84)85)37-75(11,12)57-47(61(82)78(62(57)83)52-26-22-20-24-46(52)68(92)97-16)36-76(13,14)58(69(93)98-18-2)49(64(86)87)38-73(7,8)55-41(4)66(90)100-70(55)94/h19-34,41,47-50,55-59H,17-18,35-39H2,1-16H3,(H,77,81)(H,84,85)(H,86,87)(H,88,89). The van der Waals surface area contributed by atoms with Crippen LogP contribution in [0, 0.1) is 93.2 Å². The van der Waals surface area contributed by atoms with Gasteiger partial charge in [0.15, 0.2) is 11.6 Å². The van der Waals surface area contributed by atoms with Crippen LogP contribution in [0.25, 0.3) is 0 Å². The fourth-order valence-corrected chi connectivity index (χ4v) is 15.1. The average molecular weight is 1390 g/mol. The number of cyclic esters (lactones) is 2. The fourth-order valence-electron chi connectivity index (χ4n) is 15.1. The minimum atomic E-state index is -1.99. The van der Waals surface area contributed by atoms with Crippen molar-refractivity contribution >= 4 is 94.4 Å². The Morgan fingerprint density at radius 1 is 0.550 bits per heavy atom. The van der Waals surface area contributed by atoms with Crippen LogP contribution in [0.1, 0.15) is 176 Å². The van der Waals surface area contributed by atoms with Gasteiger partial charge in [0.2, 0.25) is 17.7 Å². The van der Waals surface area contributed by atoms with Crippen molar-refractivity contribution < 1.29 is 106 Å². The first kappa shape index (κ1) is 79.2. The molecule has 6 rings (SSSR count). The molecule has 0 aromatic heterocycles. The maximum Gasteiger partial charge on any atom is 0.339 e. The molecule has 24 heteroatoms. The predicted molar refractivity (Wildman–Crippen MR) is 362 cm³/mol. The number of rotatable bonds is 33. The third-order valence-electron chi connectivity index (χ3n) is 20.3. The Morgan fingerprint density at radius 3 is 1.52 bits per heavy atom. The lowest BCUT2D eigenvalue weighted by molar-refractivity contribution is -0.166. The Bertz CT molecular complexity index is 3840. The number of hydrogen-bond donors (Lipinski definition) is 4. The second-order valence-corrected chi connectivity index (χ2v) is 29.6. The summed E-state index contributed by atoms with van der Waals surface area (Å²) in [7, 11) is 2.17. The number of Topliss-reactive ketones (excluding diaryl/α,β-unsaturated/α-hetero) is 2. The number of esters is 6. The molecular formula is C76H92N2O22. The molecule has 4 aromatic rings. The number of benzene rings is 4. The van der Waals surface area contributed by atoms with Crippen molar-refractivity contribution in [3.05, 3.63) is 125 Å². The summed E-state index contributed by atoms with van der Waals surface area (Å²) in [5.41, 5.74) is -7.40. The Kier molecular flexibility index (Phi) is 25.1. The highest BCUT2D eigenvalue weighted by Gasteiger charge is 2.61. The molecule has 2 aliphatic heterocycles. The summed E-state index contributed by atoms with van der Waals surface area (Å²) in [6.45, 7) is 21.3. The van der Waals surface area contributed by atoms with Gasteiger partial charge in [-0.25, -0.2) is 14.5 Å². The van der Waals surface area contributed by atoms with E-state index in [9.17, 15) is 68.1 Å². The van der Waals surface area contributed by atoms with Crippen LogP contribution in [-0.2, 0) is 66.9 Å². The van der Waals surface area contributed by atoms with E-state index in [2.05, 4.69) is 5.32 Å². The zero-order valence-electron chi connectivity index (χ0n) is 59.5. The van der Waals surface area contributed by atoms with E-state index in [0.29, 0.717) is 5.56 Å². The predicted octanol–water partition coefficient (Wildman–Crippen LogP) is 11.3. The van der Waals surface area contributed by atoms with Crippen molar-refractivity contribution in [1.82, 2.24) is 0 Å². The number of para-hydroxylation sites is 2. The van der Waals surface area contributed by atoms with Crippen molar-refractivity contribution in [2.75, 3.05) is 31.0 Å². The highest BCUT2D eigenvalue weighted by molar-refractivity contribution is 6.24. The van der Waals surface area contributed by atoms with Gasteiger partial charge in [-0.15, -0.1) is 0 Å². The lowest BCUT2D eigenvalue weighted by Crippen LogP contribution is -2.50. The molecule has 2 aliphatic rings. The Hall–Kier alpha value is -9.74. The maximum absolute atomic E-state index is 15.9. The number of carbonyl (C=O) groups is 14. The van der Waals surface area contributed by atoms with Gasteiger partial charge in [-0.05, 0) is 115 Å². The third-order valence-corrected chi connectivity index (χ3v) is 20.3. The van der Waals surface area contributed by atoms with Gasteiger partial charge >= 0.3 is 53.7 Å². The van der Waals surface area contributed by atoms with Gasteiger partial charge in [-0.1, -0.05) is 144 Å². The van der Waals surface area contributed by atoms with Crippen LogP contribution < -0.4 is 15.0 Å². The molecular weight excluding hydrogens is 1290 g/mol. The summed E-state index contributed by atoms with van der Waals surface area (Å²) in [4.78, 5) is 199. The topological polar surface area (TPSA) is 361 Å². The molecule has 10 atom stereocenters. The Morgan fingerprint density at radius 2 is 1.02 bits per heavy atom. The number of amides is 3. The molecule has 0 spiro atoms. The first-order chi connectivity index (χ1) is 46.5. The molecule has 0 bridgehead atoms. The highest BCUT2D eigenvalue weighted by atomic mass is 16.6. The van der Waals surface area contributed by atoms with E-state index in [1.165, 1.54) is 128 Å². The van der Waals surface area contributed by atoms with Crippen LogP contribution in [-0.4, -0.2) is 119 Å². The number of carboxylic acids is 3. The molecule has 10 unspecified atom stereocenters. The monoisotopic (exact) mass is 1380 g/mol. The number of hydrogen-bond acceptors (Lipinski definition) is 19. The molecule has 2 fully saturated rings. The first-order valence-electron chi connectivity index (χ1n) is 33.1. The SMILES string of the molecule is CCOC(=O)C(C(CC(C)(C)C1C(=O)OC(=O)C1C)C(=O)O)C(C)(C)CC1C(=O)N(c2ccccc2C(=O)OC)C(=O)C1C(C)(C)CC(C(=O)O)C(C(=O)Nc1ccccc1C(=O)OC)C(C)(C)CC(C(=O)O)C(C(=O)Oc1ccc(C(=O)CC(=O)c2ccc(C)cc2)cc1)C(C)(C)CC. The van der Waals surface area contributed by atoms with Crippen LogP contribution in [0.5, 0.6) is 5.75 Å². The van der Waals surface area contributed by atoms with Crippen LogP contribution >= 0.6 is 0 Å². The van der Waals surface area contributed by atoms with Crippen LogP contribution in [0.2, 0.25) is 0 Å². The van der Waals surface area contributed by atoms with E-state index >= 15 is 14.4 Å². The van der Waals surface area contributed by atoms with Crippen molar-refractivity contribution in [3.63, 3.8) is 0 Å². The molecule has 4 N–H and O–H groups in total. The second-order valence-electron chi connectivity index (χ2n) is 29.6. The minimum Gasteiger partial charge on any atom is -0.481 e. The van der Waals surface area contributed by atoms with Gasteiger partial charge in [0.1, 0.15) is 5.75 Å². The molecule has 3 amide bonds. The molecule has 100 heavy (non-hydrogen) atoms. The van der Waals surface area contributed by atoms with Crippen molar-refractivity contribution in [2.24, 2.45) is 86.3 Å². The molecule has 0 saturated carbocycles. The summed E-state index contributed by atoms with van der Waals surface area (Å²) in [5.74, 6) is -30.6. The molecule has 0 radical (unpaired) electrons. The zero-order valence-corrected chi connectivity index (χ0v) is 59.5. The minimum absolute atomic E-state index is 0.0987. The highest BCUT2D eigenvalue weighted by Crippen LogP contribution is 2.56. The second kappa shape index (κ2) is 31.6. The first-order valence-corrected chi connectivity index (χ1v) is 33.1. The van der Waals surface area contributed by atoms with E-state index in [1.54, 1.807) is 58.9 Å². The van der Waals surface area contributed by atoms with Crippen molar-refractivity contribution in [3.8, 4) is 5.75 Å². The van der Waals surface area contributed by atoms with E-state index in [0.717, 1.165) is 24.7 Å². The molecule has 24 nitrogen and oxygen atoms in total. The van der Waals surface area contributed by atoms with Gasteiger partial charge in [0.25, 0.3) is 0 Å². The smallest absolute Gasteiger partial charge is 0.339 e. The number of nitrogens with one attached hydrogen (secondary N) is 1. The Labute approximate surface area is 581 Å². The lowest BCUT2D eigenvalue weighted by Gasteiger charge is -2.45. The fraction of sp³-hybridized carbons (Fsp3) is 0.500. The van der Waals surface area contributed by atoms with E-state index in [-0.39, 0.29) is 46.8 Å². The number of ketones is 2. The number of ether oxygens (including phenoxy) is 5. The summed E-state index contributed by atoms with van der Waals surface area (Å²) in [5, 5.41) is 37.1. The molecule has 538 valence electrons. The van der Waals surface area contributed by atoms with Gasteiger partial charge < -0.3 is 44.3 Å². The van der Waals surface area contributed by atoms with Crippen LogP contribution in [0.15, 0.2) is 97.1 Å². The summed E-state index contributed by atoms with van der Waals surface area (Å²) in [6, 6.07) is 23.1. The zero-order chi connectivity index (χ0) is 75.1. The number of aryl methyl sites for hydroxylation is 1. The quantitative estimate of drug-likeness (QED) is 0.00859.